The average molecular weight is 232 g/mol. The zero-order valence-corrected chi connectivity index (χ0v) is 10.1. The fourth-order valence-corrected chi connectivity index (χ4v) is 2.12. The van der Waals surface area contributed by atoms with E-state index in [-0.39, 0.29) is 11.8 Å². The van der Waals surface area contributed by atoms with Crippen molar-refractivity contribution in [2.24, 2.45) is 0 Å². The number of carbonyl (C=O) groups excluding carboxylic acids is 2. The van der Waals surface area contributed by atoms with Crippen molar-refractivity contribution in [2.45, 2.75) is 26.8 Å². The number of fused-ring (bicyclic) bond motifs is 1. The highest BCUT2D eigenvalue weighted by Crippen LogP contribution is 2.28. The second-order valence-electron chi connectivity index (χ2n) is 4.29. The molecule has 1 heterocycles. The quantitative estimate of drug-likeness (QED) is 0.833. The molecule has 2 amide bonds. The molecule has 0 aliphatic carbocycles. The summed E-state index contributed by atoms with van der Waals surface area (Å²) >= 11 is 0. The van der Waals surface area contributed by atoms with Crippen LogP contribution in [0.25, 0.3) is 0 Å². The SMILES string of the molecule is CC(=O)NCc1ccc2c(c1)CCN2C(C)=O. The lowest BCUT2D eigenvalue weighted by atomic mass is 10.1. The third-order valence-corrected chi connectivity index (χ3v) is 2.96. The van der Waals surface area contributed by atoms with Gasteiger partial charge in [0.15, 0.2) is 0 Å². The van der Waals surface area contributed by atoms with Crippen LogP contribution >= 0.6 is 0 Å². The second kappa shape index (κ2) is 4.57. The van der Waals surface area contributed by atoms with Crippen molar-refractivity contribution >= 4 is 17.5 Å². The number of rotatable bonds is 2. The first-order chi connectivity index (χ1) is 8.08. The van der Waals surface area contributed by atoms with Gasteiger partial charge in [0.2, 0.25) is 11.8 Å². The van der Waals surface area contributed by atoms with E-state index in [1.807, 2.05) is 12.1 Å². The number of nitrogens with zero attached hydrogens (tertiary/aromatic N) is 1. The number of nitrogens with one attached hydrogen (secondary N) is 1. The predicted molar refractivity (Wildman–Crippen MR) is 65.7 cm³/mol. The lowest BCUT2D eigenvalue weighted by molar-refractivity contribution is -0.119. The first-order valence-corrected chi connectivity index (χ1v) is 5.72. The Hall–Kier alpha value is -1.84. The molecule has 17 heavy (non-hydrogen) atoms. The van der Waals surface area contributed by atoms with E-state index in [4.69, 9.17) is 0 Å². The van der Waals surface area contributed by atoms with Crippen molar-refractivity contribution in [3.05, 3.63) is 29.3 Å². The maximum Gasteiger partial charge on any atom is 0.223 e. The topological polar surface area (TPSA) is 49.4 Å². The van der Waals surface area contributed by atoms with E-state index >= 15 is 0 Å². The Morgan fingerprint density at radius 2 is 2.12 bits per heavy atom. The number of benzene rings is 1. The molecule has 0 aromatic heterocycles. The molecule has 0 saturated carbocycles. The first kappa shape index (κ1) is 11.6. The van der Waals surface area contributed by atoms with Crippen LogP contribution in [0, 0.1) is 0 Å². The van der Waals surface area contributed by atoms with Crippen molar-refractivity contribution in [1.29, 1.82) is 0 Å². The zero-order chi connectivity index (χ0) is 12.4. The molecule has 1 N–H and O–H groups in total. The third kappa shape index (κ3) is 2.46. The number of hydrogen-bond acceptors (Lipinski definition) is 2. The lowest BCUT2D eigenvalue weighted by Crippen LogP contribution is -2.25. The van der Waals surface area contributed by atoms with Gasteiger partial charge < -0.3 is 10.2 Å². The van der Waals surface area contributed by atoms with Crippen LogP contribution in [0.4, 0.5) is 5.69 Å². The van der Waals surface area contributed by atoms with Gasteiger partial charge in [-0.25, -0.2) is 0 Å². The number of amides is 2. The summed E-state index contributed by atoms with van der Waals surface area (Å²) in [5, 5.41) is 2.77. The van der Waals surface area contributed by atoms with Gasteiger partial charge in [-0.3, -0.25) is 9.59 Å². The Morgan fingerprint density at radius 3 is 2.76 bits per heavy atom. The molecule has 2 rings (SSSR count). The molecule has 4 heteroatoms. The molecule has 0 atom stereocenters. The summed E-state index contributed by atoms with van der Waals surface area (Å²) < 4.78 is 0. The fourth-order valence-electron chi connectivity index (χ4n) is 2.12. The van der Waals surface area contributed by atoms with Gasteiger partial charge in [0.1, 0.15) is 0 Å². The van der Waals surface area contributed by atoms with Gasteiger partial charge in [-0.05, 0) is 23.6 Å². The molecule has 1 aliphatic heterocycles. The number of hydrogen-bond donors (Lipinski definition) is 1. The monoisotopic (exact) mass is 232 g/mol. The summed E-state index contributed by atoms with van der Waals surface area (Å²) in [4.78, 5) is 24.0. The Balaban J connectivity index is 2.16. The average Bonchev–Trinajstić information content (AvgIpc) is 2.69. The van der Waals surface area contributed by atoms with Gasteiger partial charge in [0.25, 0.3) is 0 Å². The lowest BCUT2D eigenvalue weighted by Gasteiger charge is -2.14. The van der Waals surface area contributed by atoms with E-state index < -0.39 is 0 Å². The largest absolute Gasteiger partial charge is 0.352 e. The molecule has 90 valence electrons. The molecule has 0 unspecified atom stereocenters. The minimum absolute atomic E-state index is 0.0316. The highest BCUT2D eigenvalue weighted by molar-refractivity contribution is 5.93. The third-order valence-electron chi connectivity index (χ3n) is 2.96. The van der Waals surface area contributed by atoms with Gasteiger partial charge in [0, 0.05) is 32.6 Å². The molecule has 4 nitrogen and oxygen atoms in total. The van der Waals surface area contributed by atoms with E-state index in [9.17, 15) is 9.59 Å². The van der Waals surface area contributed by atoms with E-state index in [1.54, 1.807) is 11.8 Å². The molecule has 0 bridgehead atoms. The van der Waals surface area contributed by atoms with Gasteiger partial charge >= 0.3 is 0 Å². The minimum atomic E-state index is -0.0316. The van der Waals surface area contributed by atoms with Crippen molar-refractivity contribution in [2.75, 3.05) is 11.4 Å². The molecule has 1 aromatic carbocycles. The molecule has 0 radical (unpaired) electrons. The van der Waals surface area contributed by atoms with Crippen LogP contribution in [0.1, 0.15) is 25.0 Å². The molecule has 1 aliphatic rings. The van der Waals surface area contributed by atoms with Crippen molar-refractivity contribution in [3.8, 4) is 0 Å². The van der Waals surface area contributed by atoms with Crippen molar-refractivity contribution in [3.63, 3.8) is 0 Å². The Morgan fingerprint density at radius 1 is 1.35 bits per heavy atom. The van der Waals surface area contributed by atoms with Gasteiger partial charge in [-0.1, -0.05) is 12.1 Å². The maximum atomic E-state index is 11.4. The molecular weight excluding hydrogens is 216 g/mol. The zero-order valence-electron chi connectivity index (χ0n) is 10.1. The highest BCUT2D eigenvalue weighted by atomic mass is 16.2. The van der Waals surface area contributed by atoms with Crippen LogP contribution in [-0.2, 0) is 22.6 Å². The minimum Gasteiger partial charge on any atom is -0.352 e. The highest BCUT2D eigenvalue weighted by Gasteiger charge is 2.21. The first-order valence-electron chi connectivity index (χ1n) is 5.72. The van der Waals surface area contributed by atoms with Gasteiger partial charge in [0.05, 0.1) is 0 Å². The normalized spacial score (nSPS) is 13.4. The van der Waals surface area contributed by atoms with Crippen LogP contribution in [0.5, 0.6) is 0 Å². The van der Waals surface area contributed by atoms with Crippen LogP contribution < -0.4 is 10.2 Å². The summed E-state index contributed by atoms with van der Waals surface area (Å²) in [6.07, 6.45) is 0.892. The Labute approximate surface area is 101 Å². The van der Waals surface area contributed by atoms with Gasteiger partial charge in [-0.2, -0.15) is 0 Å². The Kier molecular flexibility index (Phi) is 3.13. The van der Waals surface area contributed by atoms with Gasteiger partial charge in [-0.15, -0.1) is 0 Å². The fraction of sp³-hybridized carbons (Fsp3) is 0.385. The molecule has 0 spiro atoms. The van der Waals surface area contributed by atoms with E-state index in [1.165, 1.54) is 12.5 Å². The van der Waals surface area contributed by atoms with E-state index in [0.29, 0.717) is 6.54 Å². The summed E-state index contributed by atoms with van der Waals surface area (Å²) in [6, 6.07) is 5.98. The predicted octanol–water partition coefficient (Wildman–Crippen LogP) is 1.23. The summed E-state index contributed by atoms with van der Waals surface area (Å²) in [5.74, 6) is 0.0502. The molecular formula is C13H16N2O2. The smallest absolute Gasteiger partial charge is 0.223 e. The van der Waals surface area contributed by atoms with Crippen molar-refractivity contribution < 1.29 is 9.59 Å². The molecule has 0 fully saturated rings. The summed E-state index contributed by atoms with van der Waals surface area (Å²) in [7, 11) is 0. The van der Waals surface area contributed by atoms with E-state index in [2.05, 4.69) is 11.4 Å². The van der Waals surface area contributed by atoms with Crippen LogP contribution in [0.2, 0.25) is 0 Å². The summed E-state index contributed by atoms with van der Waals surface area (Å²) in [6.45, 7) is 4.39. The molecule has 0 saturated heterocycles. The van der Waals surface area contributed by atoms with E-state index in [0.717, 1.165) is 24.2 Å². The summed E-state index contributed by atoms with van der Waals surface area (Å²) in [5.41, 5.74) is 3.26. The van der Waals surface area contributed by atoms with Crippen LogP contribution in [0.3, 0.4) is 0 Å². The second-order valence-corrected chi connectivity index (χ2v) is 4.29. The van der Waals surface area contributed by atoms with Crippen LogP contribution in [-0.4, -0.2) is 18.4 Å². The van der Waals surface area contributed by atoms with Crippen LogP contribution in [0.15, 0.2) is 18.2 Å². The van der Waals surface area contributed by atoms with Crippen molar-refractivity contribution in [1.82, 2.24) is 5.32 Å². The standard InChI is InChI=1S/C13H16N2O2/c1-9(16)14-8-11-3-4-13-12(7-11)5-6-15(13)10(2)17/h3-4,7H,5-6,8H2,1-2H3,(H,14,16). The number of carbonyl (C=O) groups is 2. The maximum absolute atomic E-state index is 11.4. The molecule has 1 aromatic rings. The number of anilines is 1. The Bertz CT molecular complexity index is 468.